The zero-order valence-electron chi connectivity index (χ0n) is 15.0. The Morgan fingerprint density at radius 2 is 1.92 bits per heavy atom. The molecule has 1 aromatic carbocycles. The van der Waals surface area contributed by atoms with E-state index in [1.807, 2.05) is 39.8 Å². The summed E-state index contributed by atoms with van der Waals surface area (Å²) in [4.78, 5) is 14.7. The highest BCUT2D eigenvalue weighted by atomic mass is 16.2. The molecule has 0 radical (unpaired) electrons. The number of hydrogen-bond donors (Lipinski definition) is 1. The van der Waals surface area contributed by atoms with Gasteiger partial charge in [-0.2, -0.15) is 5.10 Å². The molecule has 1 aliphatic heterocycles. The van der Waals surface area contributed by atoms with E-state index in [1.165, 1.54) is 0 Å². The molecule has 0 bridgehead atoms. The molecule has 0 aliphatic carbocycles. The average molecular weight is 326 g/mol. The summed E-state index contributed by atoms with van der Waals surface area (Å²) in [7, 11) is 0. The Hall–Kier alpha value is -2.17. The predicted molar refractivity (Wildman–Crippen MR) is 97.1 cm³/mol. The standard InChI is InChI=1S/C19H26N4O/c1-13-15-9-5-6-10-16(15)17(22-21-13)23-11-7-8-14(12-23)18(24)20-19(2,3)4/h5-6,9-10,14H,7-8,11-12H2,1-4H3,(H,20,24). The van der Waals surface area contributed by atoms with Crippen molar-refractivity contribution in [1.29, 1.82) is 0 Å². The zero-order valence-corrected chi connectivity index (χ0v) is 15.0. The molecule has 5 heteroatoms. The number of aromatic nitrogens is 2. The monoisotopic (exact) mass is 326 g/mol. The lowest BCUT2D eigenvalue weighted by Gasteiger charge is -2.34. The van der Waals surface area contributed by atoms with Gasteiger partial charge in [-0.15, -0.1) is 5.10 Å². The minimum Gasteiger partial charge on any atom is -0.354 e. The van der Waals surface area contributed by atoms with E-state index < -0.39 is 0 Å². The van der Waals surface area contributed by atoms with Crippen LogP contribution in [0.4, 0.5) is 5.82 Å². The number of carbonyl (C=O) groups is 1. The van der Waals surface area contributed by atoms with Crippen molar-refractivity contribution >= 4 is 22.5 Å². The smallest absolute Gasteiger partial charge is 0.225 e. The third kappa shape index (κ3) is 3.50. The molecule has 1 unspecified atom stereocenters. The van der Waals surface area contributed by atoms with Crippen molar-refractivity contribution in [1.82, 2.24) is 15.5 Å². The van der Waals surface area contributed by atoms with Gasteiger partial charge in [0.15, 0.2) is 5.82 Å². The lowest BCUT2D eigenvalue weighted by atomic mass is 9.95. The van der Waals surface area contributed by atoms with E-state index in [9.17, 15) is 4.79 Å². The summed E-state index contributed by atoms with van der Waals surface area (Å²) in [6.45, 7) is 9.65. The van der Waals surface area contributed by atoms with Gasteiger partial charge in [0.1, 0.15) is 0 Å². The van der Waals surface area contributed by atoms with Gasteiger partial charge in [-0.3, -0.25) is 4.79 Å². The fraction of sp³-hybridized carbons (Fsp3) is 0.526. The highest BCUT2D eigenvalue weighted by molar-refractivity contribution is 5.93. The Morgan fingerprint density at radius 1 is 1.21 bits per heavy atom. The lowest BCUT2D eigenvalue weighted by Crippen LogP contribution is -2.49. The Kier molecular flexibility index (Phi) is 4.43. The number of rotatable bonds is 2. The molecular formula is C19H26N4O. The van der Waals surface area contributed by atoms with E-state index in [0.717, 1.165) is 41.7 Å². The number of fused-ring (bicyclic) bond motifs is 1. The molecule has 1 N–H and O–H groups in total. The van der Waals surface area contributed by atoms with Crippen molar-refractivity contribution in [3.05, 3.63) is 30.0 Å². The number of amides is 1. The lowest BCUT2D eigenvalue weighted by molar-refractivity contribution is -0.126. The first kappa shape index (κ1) is 16.7. The van der Waals surface area contributed by atoms with E-state index in [2.05, 4.69) is 32.5 Å². The maximum absolute atomic E-state index is 12.5. The van der Waals surface area contributed by atoms with Crippen LogP contribution in [-0.4, -0.2) is 34.7 Å². The molecule has 1 aromatic heterocycles. The molecule has 1 atom stereocenters. The molecule has 1 fully saturated rings. The number of anilines is 1. The number of aryl methyl sites for hydroxylation is 1. The Labute approximate surface area is 143 Å². The highest BCUT2D eigenvalue weighted by Crippen LogP contribution is 2.29. The van der Waals surface area contributed by atoms with Crippen LogP contribution in [-0.2, 0) is 4.79 Å². The first-order valence-electron chi connectivity index (χ1n) is 8.64. The number of piperidine rings is 1. The third-order valence-electron chi connectivity index (χ3n) is 4.44. The number of carbonyl (C=O) groups excluding carboxylic acids is 1. The van der Waals surface area contributed by atoms with Crippen molar-refractivity contribution in [3.8, 4) is 0 Å². The van der Waals surface area contributed by atoms with Crippen LogP contribution in [0.25, 0.3) is 10.8 Å². The summed E-state index contributed by atoms with van der Waals surface area (Å²) in [5.74, 6) is 1.03. The van der Waals surface area contributed by atoms with Crippen molar-refractivity contribution in [2.45, 2.75) is 46.1 Å². The van der Waals surface area contributed by atoms with Gasteiger partial charge in [-0.1, -0.05) is 24.3 Å². The van der Waals surface area contributed by atoms with Crippen LogP contribution in [0.15, 0.2) is 24.3 Å². The number of nitrogens with zero attached hydrogens (tertiary/aromatic N) is 3. The minimum absolute atomic E-state index is 0.000148. The van der Waals surface area contributed by atoms with Gasteiger partial charge in [0, 0.05) is 29.4 Å². The van der Waals surface area contributed by atoms with Crippen molar-refractivity contribution < 1.29 is 4.79 Å². The highest BCUT2D eigenvalue weighted by Gasteiger charge is 2.29. The quantitative estimate of drug-likeness (QED) is 0.921. The SMILES string of the molecule is Cc1nnc(N2CCCC(C(=O)NC(C)(C)C)C2)c2ccccc12. The Morgan fingerprint density at radius 3 is 2.62 bits per heavy atom. The first-order chi connectivity index (χ1) is 11.3. The second-order valence-corrected chi connectivity index (χ2v) is 7.68. The van der Waals surface area contributed by atoms with Crippen LogP contribution in [0.5, 0.6) is 0 Å². The maximum atomic E-state index is 12.5. The van der Waals surface area contributed by atoms with Crippen LogP contribution >= 0.6 is 0 Å². The predicted octanol–water partition coefficient (Wildman–Crippen LogP) is 3.07. The Bertz CT molecular complexity index is 751. The van der Waals surface area contributed by atoms with Crippen molar-refractivity contribution in [2.75, 3.05) is 18.0 Å². The van der Waals surface area contributed by atoms with Crippen molar-refractivity contribution in [3.63, 3.8) is 0 Å². The summed E-state index contributed by atoms with van der Waals surface area (Å²) in [6, 6.07) is 8.22. The molecule has 5 nitrogen and oxygen atoms in total. The molecule has 0 spiro atoms. The van der Waals surface area contributed by atoms with Gasteiger partial charge in [0.25, 0.3) is 0 Å². The summed E-state index contributed by atoms with van der Waals surface area (Å²) >= 11 is 0. The fourth-order valence-corrected chi connectivity index (χ4v) is 3.31. The van der Waals surface area contributed by atoms with E-state index in [0.29, 0.717) is 6.54 Å². The molecule has 1 aliphatic rings. The van der Waals surface area contributed by atoms with E-state index in [-0.39, 0.29) is 17.4 Å². The van der Waals surface area contributed by atoms with Gasteiger partial charge in [-0.05, 0) is 40.5 Å². The molecule has 2 aromatic rings. The van der Waals surface area contributed by atoms with Crippen LogP contribution in [0.2, 0.25) is 0 Å². The molecule has 3 rings (SSSR count). The normalized spacial score (nSPS) is 18.7. The summed E-state index contributed by atoms with van der Waals surface area (Å²) in [5, 5.41) is 14.1. The average Bonchev–Trinajstić information content (AvgIpc) is 2.54. The molecule has 24 heavy (non-hydrogen) atoms. The van der Waals surface area contributed by atoms with E-state index in [4.69, 9.17) is 0 Å². The topological polar surface area (TPSA) is 58.1 Å². The number of benzene rings is 1. The fourth-order valence-electron chi connectivity index (χ4n) is 3.31. The molecule has 128 valence electrons. The third-order valence-corrected chi connectivity index (χ3v) is 4.44. The number of nitrogens with one attached hydrogen (secondary N) is 1. The minimum atomic E-state index is -0.199. The maximum Gasteiger partial charge on any atom is 0.225 e. The van der Waals surface area contributed by atoms with Gasteiger partial charge in [0.05, 0.1) is 11.6 Å². The summed E-state index contributed by atoms with van der Waals surface area (Å²) in [5.41, 5.74) is 0.740. The Balaban J connectivity index is 1.86. The van der Waals surface area contributed by atoms with Crippen LogP contribution < -0.4 is 10.2 Å². The van der Waals surface area contributed by atoms with Crippen LogP contribution in [0, 0.1) is 12.8 Å². The second-order valence-electron chi connectivity index (χ2n) is 7.68. The van der Waals surface area contributed by atoms with E-state index in [1.54, 1.807) is 0 Å². The van der Waals surface area contributed by atoms with Gasteiger partial charge in [-0.25, -0.2) is 0 Å². The van der Waals surface area contributed by atoms with Gasteiger partial charge >= 0.3 is 0 Å². The largest absolute Gasteiger partial charge is 0.354 e. The molecular weight excluding hydrogens is 300 g/mol. The van der Waals surface area contributed by atoms with Gasteiger partial charge < -0.3 is 10.2 Å². The molecule has 0 saturated carbocycles. The van der Waals surface area contributed by atoms with Crippen molar-refractivity contribution in [2.24, 2.45) is 5.92 Å². The van der Waals surface area contributed by atoms with Crippen LogP contribution in [0.3, 0.4) is 0 Å². The summed E-state index contributed by atoms with van der Waals surface area (Å²) < 4.78 is 0. The summed E-state index contributed by atoms with van der Waals surface area (Å²) in [6.07, 6.45) is 1.92. The molecule has 2 heterocycles. The second kappa shape index (κ2) is 6.38. The van der Waals surface area contributed by atoms with Gasteiger partial charge in [0.2, 0.25) is 5.91 Å². The number of hydrogen-bond acceptors (Lipinski definition) is 4. The molecule has 1 saturated heterocycles. The van der Waals surface area contributed by atoms with E-state index >= 15 is 0 Å². The van der Waals surface area contributed by atoms with Crippen LogP contribution in [0.1, 0.15) is 39.3 Å². The first-order valence-corrected chi connectivity index (χ1v) is 8.64. The molecule has 1 amide bonds. The zero-order chi connectivity index (χ0) is 17.3.